The second kappa shape index (κ2) is 4.16. The zero-order chi connectivity index (χ0) is 12.7. The molecule has 94 valence electrons. The summed E-state index contributed by atoms with van der Waals surface area (Å²) in [5, 5.41) is 8.15. The summed E-state index contributed by atoms with van der Waals surface area (Å²) < 4.78 is 5.58. The van der Waals surface area contributed by atoms with Gasteiger partial charge in [0, 0.05) is 26.2 Å². The molecule has 18 heavy (non-hydrogen) atoms. The summed E-state index contributed by atoms with van der Waals surface area (Å²) in [5.74, 6) is 0.380. The minimum Gasteiger partial charge on any atom is -0.308 e. The summed E-state index contributed by atoms with van der Waals surface area (Å²) in [5.41, 5.74) is 1.64. The highest BCUT2D eigenvalue weighted by atomic mass is 32.1. The molecule has 0 aliphatic heterocycles. The molecular formula is C11H13N5OS. The van der Waals surface area contributed by atoms with E-state index < -0.39 is 0 Å². The first-order chi connectivity index (χ1) is 8.66. The number of amides is 1. The predicted octanol–water partition coefficient (Wildman–Crippen LogP) is 1.43. The molecule has 1 aliphatic carbocycles. The molecule has 2 aromatic heterocycles. The number of nitrogens with zero attached hydrogens (tertiary/aromatic N) is 5. The number of carbonyl (C=O) groups is 1. The summed E-state index contributed by atoms with van der Waals surface area (Å²) >= 11 is 1.18. The summed E-state index contributed by atoms with van der Waals surface area (Å²) in [6, 6.07) is 0. The van der Waals surface area contributed by atoms with Crippen LogP contribution in [0.25, 0.3) is 0 Å². The lowest BCUT2D eigenvalue weighted by molar-refractivity contribution is 0.0995. The molecule has 0 aromatic carbocycles. The molecule has 0 spiro atoms. The van der Waals surface area contributed by atoms with E-state index in [9.17, 15) is 4.79 Å². The molecule has 0 unspecified atom stereocenters. The van der Waals surface area contributed by atoms with Gasteiger partial charge < -0.3 is 4.90 Å². The van der Waals surface area contributed by atoms with Gasteiger partial charge in [-0.3, -0.25) is 9.48 Å². The molecule has 3 rings (SSSR count). The largest absolute Gasteiger partial charge is 0.308 e. The van der Waals surface area contributed by atoms with Gasteiger partial charge in [0.1, 0.15) is 4.88 Å². The molecule has 2 aromatic rings. The molecule has 6 nitrogen and oxygen atoms in total. The van der Waals surface area contributed by atoms with E-state index in [2.05, 4.69) is 14.7 Å². The van der Waals surface area contributed by atoms with Crippen molar-refractivity contribution in [1.29, 1.82) is 0 Å². The molecule has 1 amide bonds. The highest BCUT2D eigenvalue weighted by molar-refractivity contribution is 7.08. The fourth-order valence-corrected chi connectivity index (χ4v) is 2.55. The SMILES string of the molecule is CN(C(=O)c1snnc1C1CC1)c1cnn(C)c1. The second-order valence-corrected chi connectivity index (χ2v) is 5.25. The lowest BCUT2D eigenvalue weighted by Gasteiger charge is -2.13. The molecule has 1 fully saturated rings. The number of carbonyl (C=O) groups excluding carboxylic acids is 1. The smallest absolute Gasteiger partial charge is 0.271 e. The molecule has 1 aliphatic rings. The average molecular weight is 263 g/mol. The van der Waals surface area contributed by atoms with Gasteiger partial charge in [-0.2, -0.15) is 5.10 Å². The van der Waals surface area contributed by atoms with E-state index in [-0.39, 0.29) is 5.91 Å². The molecule has 1 saturated carbocycles. The van der Waals surface area contributed by atoms with Crippen LogP contribution in [0.4, 0.5) is 5.69 Å². The van der Waals surface area contributed by atoms with Crippen LogP contribution < -0.4 is 4.90 Å². The van der Waals surface area contributed by atoms with Crippen LogP contribution in [0.3, 0.4) is 0 Å². The van der Waals surface area contributed by atoms with E-state index in [1.54, 1.807) is 22.8 Å². The monoisotopic (exact) mass is 263 g/mol. The lowest BCUT2D eigenvalue weighted by atomic mass is 10.2. The van der Waals surface area contributed by atoms with Gasteiger partial charge in [0.15, 0.2) is 0 Å². The fourth-order valence-electron chi connectivity index (χ4n) is 1.82. The van der Waals surface area contributed by atoms with E-state index in [0.29, 0.717) is 10.8 Å². The molecule has 0 N–H and O–H groups in total. The Bertz CT molecular complexity index is 586. The standard InChI is InChI=1S/C11H13N5OS/c1-15-6-8(5-12-15)16(2)11(17)10-9(7-3-4-7)13-14-18-10/h5-7H,3-4H2,1-2H3. The van der Waals surface area contributed by atoms with Crippen LogP contribution >= 0.6 is 11.5 Å². The van der Waals surface area contributed by atoms with Crippen molar-refractivity contribution in [2.24, 2.45) is 7.05 Å². The molecule has 0 atom stereocenters. The maximum absolute atomic E-state index is 12.4. The third-order valence-corrected chi connectivity index (χ3v) is 3.78. The Morgan fingerprint density at radius 2 is 2.33 bits per heavy atom. The van der Waals surface area contributed by atoms with Crippen molar-refractivity contribution in [2.75, 3.05) is 11.9 Å². The topological polar surface area (TPSA) is 63.9 Å². The van der Waals surface area contributed by atoms with Crippen LogP contribution in [-0.2, 0) is 7.05 Å². The quantitative estimate of drug-likeness (QED) is 0.840. The minimum absolute atomic E-state index is 0.0556. The number of aromatic nitrogens is 4. The predicted molar refractivity (Wildman–Crippen MR) is 67.8 cm³/mol. The first-order valence-electron chi connectivity index (χ1n) is 5.75. The summed E-state index contributed by atoms with van der Waals surface area (Å²) in [7, 11) is 3.57. The van der Waals surface area contributed by atoms with Crippen LogP contribution in [0.15, 0.2) is 12.4 Å². The van der Waals surface area contributed by atoms with Gasteiger partial charge >= 0.3 is 0 Å². The van der Waals surface area contributed by atoms with Crippen molar-refractivity contribution in [2.45, 2.75) is 18.8 Å². The Morgan fingerprint density at radius 3 is 2.94 bits per heavy atom. The number of rotatable bonds is 3. The highest BCUT2D eigenvalue weighted by Gasteiger charge is 2.33. The van der Waals surface area contributed by atoms with Crippen LogP contribution in [-0.4, -0.2) is 32.3 Å². The van der Waals surface area contributed by atoms with E-state index >= 15 is 0 Å². The van der Waals surface area contributed by atoms with Crippen molar-refractivity contribution in [3.8, 4) is 0 Å². The summed E-state index contributed by atoms with van der Waals surface area (Å²) in [6.45, 7) is 0. The fraction of sp³-hybridized carbons (Fsp3) is 0.455. The number of hydrogen-bond donors (Lipinski definition) is 0. The highest BCUT2D eigenvalue weighted by Crippen LogP contribution is 2.41. The minimum atomic E-state index is -0.0556. The number of hydrogen-bond acceptors (Lipinski definition) is 5. The zero-order valence-corrected chi connectivity index (χ0v) is 11.0. The third-order valence-electron chi connectivity index (χ3n) is 3.05. The molecule has 0 saturated heterocycles. The van der Waals surface area contributed by atoms with Crippen molar-refractivity contribution >= 4 is 23.1 Å². The van der Waals surface area contributed by atoms with Gasteiger partial charge in [0.2, 0.25) is 0 Å². The maximum Gasteiger partial charge on any atom is 0.271 e. The molecule has 7 heteroatoms. The van der Waals surface area contributed by atoms with Gasteiger partial charge in [0.25, 0.3) is 5.91 Å². The zero-order valence-electron chi connectivity index (χ0n) is 10.2. The van der Waals surface area contributed by atoms with Crippen molar-refractivity contribution in [1.82, 2.24) is 19.4 Å². The molecule has 2 heterocycles. The maximum atomic E-state index is 12.4. The summed E-state index contributed by atoms with van der Waals surface area (Å²) in [6.07, 6.45) is 5.71. The van der Waals surface area contributed by atoms with Gasteiger partial charge in [-0.25, -0.2) is 0 Å². The van der Waals surface area contributed by atoms with Crippen LogP contribution in [0.1, 0.15) is 34.1 Å². The molecule has 0 radical (unpaired) electrons. The second-order valence-electron chi connectivity index (χ2n) is 4.50. The Hall–Kier alpha value is -1.76. The Kier molecular flexibility index (Phi) is 2.62. The van der Waals surface area contributed by atoms with Gasteiger partial charge in [-0.1, -0.05) is 4.49 Å². The number of aryl methyl sites for hydroxylation is 1. The van der Waals surface area contributed by atoms with Gasteiger partial charge in [-0.05, 0) is 24.4 Å². The van der Waals surface area contributed by atoms with Gasteiger partial charge in [-0.15, -0.1) is 5.10 Å². The van der Waals surface area contributed by atoms with Gasteiger partial charge in [0.05, 0.1) is 17.6 Å². The first-order valence-corrected chi connectivity index (χ1v) is 6.53. The first kappa shape index (κ1) is 11.3. The average Bonchev–Trinajstić information content (AvgIpc) is 2.93. The third kappa shape index (κ3) is 1.90. The van der Waals surface area contributed by atoms with Crippen LogP contribution in [0.2, 0.25) is 0 Å². The van der Waals surface area contributed by atoms with Crippen LogP contribution in [0.5, 0.6) is 0 Å². The van der Waals surface area contributed by atoms with Crippen molar-refractivity contribution in [3.63, 3.8) is 0 Å². The van der Waals surface area contributed by atoms with Crippen LogP contribution in [0, 0.1) is 0 Å². The van der Waals surface area contributed by atoms with E-state index in [0.717, 1.165) is 24.2 Å². The lowest BCUT2D eigenvalue weighted by Crippen LogP contribution is -2.25. The molecule has 0 bridgehead atoms. The normalized spacial score (nSPS) is 14.8. The summed E-state index contributed by atoms with van der Waals surface area (Å²) in [4.78, 5) is 14.6. The van der Waals surface area contributed by atoms with Crippen molar-refractivity contribution < 1.29 is 4.79 Å². The van der Waals surface area contributed by atoms with Crippen molar-refractivity contribution in [3.05, 3.63) is 23.0 Å². The van der Waals surface area contributed by atoms with E-state index in [1.807, 2.05) is 13.2 Å². The Labute approximate surface area is 108 Å². The molecular weight excluding hydrogens is 250 g/mol. The Morgan fingerprint density at radius 1 is 1.56 bits per heavy atom. The van der Waals surface area contributed by atoms with E-state index in [4.69, 9.17) is 0 Å². The van der Waals surface area contributed by atoms with E-state index in [1.165, 1.54) is 11.5 Å². The number of anilines is 1. The Balaban J connectivity index is 1.87.